The molecule has 0 bridgehead atoms. The van der Waals surface area contributed by atoms with Crippen LogP contribution < -0.4 is 0 Å². The molecule has 0 spiro atoms. The third-order valence-corrected chi connectivity index (χ3v) is 10.5. The van der Waals surface area contributed by atoms with Crippen molar-refractivity contribution in [3.05, 3.63) is 107 Å². The van der Waals surface area contributed by atoms with Gasteiger partial charge in [-0.15, -0.1) is 0 Å². The molecule has 38 heavy (non-hydrogen) atoms. The number of nitrogens with zero attached hydrogens (tertiary/aromatic N) is 5. The molecule has 3 atom stereocenters. The summed E-state index contributed by atoms with van der Waals surface area (Å²) in [7, 11) is -3.61. The van der Waals surface area contributed by atoms with Crippen LogP contribution in [0.2, 0.25) is 0 Å². The SMILES string of the molecule is [C-]#[N+]C1CN(S(=O)(=O)N2C[C@@H]3[C@@H](c4ccccc4)[C@]3(c3cc4cnn(-c5ccc(F)cc5)c4cc3C)C2)C1. The minimum absolute atomic E-state index is 0.168. The van der Waals surface area contributed by atoms with Gasteiger partial charge in [-0.25, -0.2) is 15.6 Å². The van der Waals surface area contributed by atoms with Crippen LogP contribution in [0, 0.1) is 25.2 Å². The molecule has 4 aromatic rings. The second-order valence-electron chi connectivity index (χ2n) is 10.7. The zero-order chi connectivity index (χ0) is 26.2. The maximum absolute atomic E-state index is 13.5. The molecule has 1 saturated carbocycles. The van der Waals surface area contributed by atoms with Crippen LogP contribution in [0.5, 0.6) is 0 Å². The van der Waals surface area contributed by atoms with Crippen LogP contribution in [0.15, 0.2) is 72.9 Å². The molecule has 0 radical (unpaired) electrons. The van der Waals surface area contributed by atoms with Crippen molar-refractivity contribution in [1.29, 1.82) is 0 Å². The van der Waals surface area contributed by atoms with Gasteiger partial charge in [-0.05, 0) is 65.9 Å². The average molecular weight is 528 g/mol. The predicted molar refractivity (Wildman–Crippen MR) is 143 cm³/mol. The summed E-state index contributed by atoms with van der Waals surface area (Å²) in [6.45, 7) is 10.7. The van der Waals surface area contributed by atoms with E-state index in [1.165, 1.54) is 22.0 Å². The third kappa shape index (κ3) is 3.30. The Kier molecular flexibility index (Phi) is 5.08. The van der Waals surface area contributed by atoms with E-state index in [4.69, 9.17) is 6.57 Å². The molecule has 3 aromatic carbocycles. The van der Waals surface area contributed by atoms with Gasteiger partial charge in [0, 0.05) is 29.8 Å². The van der Waals surface area contributed by atoms with Crippen molar-refractivity contribution in [2.24, 2.45) is 5.92 Å². The van der Waals surface area contributed by atoms with Crippen molar-refractivity contribution in [2.75, 3.05) is 26.2 Å². The van der Waals surface area contributed by atoms with E-state index in [1.807, 2.05) is 29.1 Å². The lowest BCUT2D eigenvalue weighted by atomic mass is 9.87. The summed E-state index contributed by atoms with van der Waals surface area (Å²) in [6.07, 6.45) is 1.82. The van der Waals surface area contributed by atoms with Gasteiger partial charge in [0.25, 0.3) is 16.3 Å². The lowest BCUT2D eigenvalue weighted by molar-refractivity contribution is 0.263. The number of aromatic nitrogens is 2. The number of benzene rings is 3. The van der Waals surface area contributed by atoms with E-state index in [0.717, 1.165) is 27.7 Å². The molecule has 9 heteroatoms. The van der Waals surface area contributed by atoms with Crippen molar-refractivity contribution in [3.63, 3.8) is 0 Å². The first-order valence-electron chi connectivity index (χ1n) is 12.7. The smallest absolute Gasteiger partial charge is 0.282 e. The van der Waals surface area contributed by atoms with E-state index in [-0.39, 0.29) is 42.2 Å². The first kappa shape index (κ1) is 23.5. The molecule has 1 aliphatic carbocycles. The van der Waals surface area contributed by atoms with E-state index in [2.05, 4.69) is 41.1 Å². The molecular weight excluding hydrogens is 501 g/mol. The van der Waals surface area contributed by atoms with Crippen molar-refractivity contribution < 1.29 is 12.8 Å². The molecule has 3 heterocycles. The standard InChI is InChI=1S/C29H26FN5O2S/c1-19-12-27-21(14-32-35(27)24-10-8-22(30)9-11-24)13-25(19)29-18-34(38(36,37)33-15-23(16-33)31-2)17-26(29)28(29)20-6-4-3-5-7-20/h3-14,23,26,28H,15-18H2,1H3/t26-,28-,29+/m1/s1. The number of rotatable bonds is 5. The predicted octanol–water partition coefficient (Wildman–Crippen LogP) is 4.29. The summed E-state index contributed by atoms with van der Waals surface area (Å²) in [5.74, 6) is 0.102. The average Bonchev–Trinajstić information content (AvgIpc) is 3.15. The first-order valence-corrected chi connectivity index (χ1v) is 14.1. The Morgan fingerprint density at radius 3 is 2.47 bits per heavy atom. The van der Waals surface area contributed by atoms with Gasteiger partial charge in [-0.3, -0.25) is 0 Å². The van der Waals surface area contributed by atoms with E-state index >= 15 is 0 Å². The summed E-state index contributed by atoms with van der Waals surface area (Å²) >= 11 is 0. The van der Waals surface area contributed by atoms with E-state index in [9.17, 15) is 12.8 Å². The van der Waals surface area contributed by atoms with Crippen LogP contribution in [0.3, 0.4) is 0 Å². The van der Waals surface area contributed by atoms with Crippen LogP contribution in [0.1, 0.15) is 22.6 Å². The number of halogens is 1. The van der Waals surface area contributed by atoms with Gasteiger partial charge < -0.3 is 4.85 Å². The molecule has 0 unspecified atom stereocenters. The Hall–Kier alpha value is -3.58. The Morgan fingerprint density at radius 2 is 1.76 bits per heavy atom. The Bertz CT molecular complexity index is 1710. The van der Waals surface area contributed by atoms with Gasteiger partial charge in [-0.1, -0.05) is 30.3 Å². The highest BCUT2D eigenvalue weighted by Gasteiger charge is 2.72. The summed E-state index contributed by atoms with van der Waals surface area (Å²) < 4.78 is 45.3. The van der Waals surface area contributed by atoms with Gasteiger partial charge in [0.2, 0.25) is 0 Å². The fourth-order valence-electron chi connectivity index (χ4n) is 6.71. The molecule has 3 fully saturated rings. The monoisotopic (exact) mass is 527 g/mol. The Balaban J connectivity index is 1.29. The normalized spacial score (nSPS) is 25.7. The Morgan fingerprint density at radius 1 is 1.03 bits per heavy atom. The lowest BCUT2D eigenvalue weighted by Crippen LogP contribution is -2.56. The van der Waals surface area contributed by atoms with E-state index in [1.54, 1.807) is 16.4 Å². The summed E-state index contributed by atoms with van der Waals surface area (Å²) in [6, 6.07) is 20.7. The second-order valence-corrected chi connectivity index (χ2v) is 12.6. The maximum Gasteiger partial charge on any atom is 0.282 e. The van der Waals surface area contributed by atoms with Crippen LogP contribution in [0.4, 0.5) is 4.39 Å². The number of hydrogen-bond acceptors (Lipinski definition) is 3. The molecule has 2 aliphatic heterocycles. The number of fused-ring (bicyclic) bond motifs is 2. The van der Waals surface area contributed by atoms with Crippen molar-refractivity contribution in [3.8, 4) is 5.69 Å². The van der Waals surface area contributed by atoms with Crippen LogP contribution in [-0.2, 0) is 15.6 Å². The number of piperidine rings is 1. The maximum atomic E-state index is 13.5. The van der Waals surface area contributed by atoms with Crippen molar-refractivity contribution in [1.82, 2.24) is 18.4 Å². The molecule has 0 N–H and O–H groups in total. The van der Waals surface area contributed by atoms with Crippen molar-refractivity contribution >= 4 is 21.1 Å². The molecular formula is C29H26FN5O2S. The second kappa shape index (κ2) is 8.21. The fraction of sp³-hybridized carbons (Fsp3) is 0.310. The third-order valence-electron chi connectivity index (χ3n) is 8.66. The zero-order valence-corrected chi connectivity index (χ0v) is 21.6. The van der Waals surface area contributed by atoms with Crippen LogP contribution in [-0.4, -0.2) is 59.0 Å². The summed E-state index contributed by atoms with van der Waals surface area (Å²) in [5, 5.41) is 5.55. The topological polar surface area (TPSA) is 62.8 Å². The number of aryl methyl sites for hydroxylation is 1. The minimum atomic E-state index is -3.61. The molecule has 192 valence electrons. The van der Waals surface area contributed by atoms with Crippen LogP contribution >= 0.6 is 0 Å². The van der Waals surface area contributed by atoms with Gasteiger partial charge in [0.05, 0.1) is 30.5 Å². The van der Waals surface area contributed by atoms with E-state index < -0.39 is 10.2 Å². The van der Waals surface area contributed by atoms with Gasteiger partial charge in [0.15, 0.2) is 0 Å². The molecule has 7 nitrogen and oxygen atoms in total. The minimum Gasteiger partial charge on any atom is -0.311 e. The highest BCUT2D eigenvalue weighted by atomic mass is 32.2. The van der Waals surface area contributed by atoms with Crippen molar-refractivity contribution in [2.45, 2.75) is 24.3 Å². The van der Waals surface area contributed by atoms with Crippen LogP contribution in [0.25, 0.3) is 21.4 Å². The van der Waals surface area contributed by atoms with Gasteiger partial charge in [0.1, 0.15) is 5.82 Å². The highest BCUT2D eigenvalue weighted by Crippen LogP contribution is 2.70. The van der Waals surface area contributed by atoms with E-state index in [0.29, 0.717) is 13.1 Å². The lowest BCUT2D eigenvalue weighted by Gasteiger charge is -2.35. The highest BCUT2D eigenvalue weighted by molar-refractivity contribution is 7.86. The summed E-state index contributed by atoms with van der Waals surface area (Å²) in [4.78, 5) is 3.49. The first-order chi connectivity index (χ1) is 18.3. The molecule has 2 saturated heterocycles. The number of hydrogen-bond donors (Lipinski definition) is 0. The largest absolute Gasteiger partial charge is 0.311 e. The molecule has 7 rings (SSSR count). The quantitative estimate of drug-likeness (QED) is 0.364. The molecule has 3 aliphatic rings. The summed E-state index contributed by atoms with van der Waals surface area (Å²) in [5.41, 5.74) is 4.85. The molecule has 0 amide bonds. The van der Waals surface area contributed by atoms with Gasteiger partial charge >= 0.3 is 0 Å². The molecule has 1 aromatic heterocycles. The Labute approximate surface area is 221 Å². The zero-order valence-electron chi connectivity index (χ0n) is 20.8. The van der Waals surface area contributed by atoms with Gasteiger partial charge in [-0.2, -0.15) is 22.1 Å². The fourth-order valence-corrected chi connectivity index (χ4v) is 8.49.